The van der Waals surface area contributed by atoms with Gasteiger partial charge in [-0.1, -0.05) is 6.07 Å². The molecular weight excluding hydrogens is 335 g/mol. The first-order valence-corrected chi connectivity index (χ1v) is 8.25. The van der Waals surface area contributed by atoms with Crippen molar-refractivity contribution in [1.82, 2.24) is 9.55 Å². The number of benzene rings is 2. The van der Waals surface area contributed by atoms with Crippen LogP contribution in [0.2, 0.25) is 0 Å². The Morgan fingerprint density at radius 2 is 2.04 bits per heavy atom. The number of carbonyl (C=O) groups is 1. The number of nitrogens with zero attached hydrogens (tertiary/aromatic N) is 2. The number of aryl methyl sites for hydroxylation is 1. The van der Waals surface area contributed by atoms with Gasteiger partial charge in [-0.15, -0.1) is 0 Å². The summed E-state index contributed by atoms with van der Waals surface area (Å²) in [5.74, 6) is 0.627. The van der Waals surface area contributed by atoms with Crippen molar-refractivity contribution >= 4 is 5.97 Å². The van der Waals surface area contributed by atoms with E-state index in [1.54, 1.807) is 12.1 Å². The zero-order valence-electron chi connectivity index (χ0n) is 14.4. The minimum absolute atomic E-state index is 0.0592. The lowest BCUT2D eigenvalue weighted by Gasteiger charge is -2.26. The molecule has 3 aromatic rings. The lowest BCUT2D eigenvalue weighted by atomic mass is 10.1. The Morgan fingerprint density at radius 1 is 1.27 bits per heavy atom. The number of methoxy groups -OCH3 is 1. The minimum atomic E-state index is -0.549. The second-order valence-electron chi connectivity index (χ2n) is 6.22. The predicted molar refractivity (Wildman–Crippen MR) is 93.7 cm³/mol. The van der Waals surface area contributed by atoms with Crippen LogP contribution in [0.4, 0.5) is 4.39 Å². The fraction of sp³-hybridized carbons (Fsp3) is 0.200. The molecule has 0 saturated heterocycles. The maximum atomic E-state index is 13.2. The zero-order chi connectivity index (χ0) is 18.3. The molecule has 2 aromatic carbocycles. The monoisotopic (exact) mass is 352 g/mol. The molecule has 0 spiro atoms. The summed E-state index contributed by atoms with van der Waals surface area (Å²) in [5, 5.41) is 0. The summed E-state index contributed by atoms with van der Waals surface area (Å²) in [4.78, 5) is 16.4. The average molecular weight is 352 g/mol. The maximum absolute atomic E-state index is 13.2. The molecule has 26 heavy (non-hydrogen) atoms. The fourth-order valence-corrected chi connectivity index (χ4v) is 3.06. The zero-order valence-corrected chi connectivity index (χ0v) is 14.4. The quantitative estimate of drug-likeness (QED) is 0.669. The minimum Gasteiger partial charge on any atom is -0.480 e. The number of carbonyl (C=O) groups excluding carboxylic acids is 1. The van der Waals surface area contributed by atoms with E-state index in [1.807, 2.05) is 35.9 Å². The summed E-state index contributed by atoms with van der Waals surface area (Å²) in [5.41, 5.74) is 3.43. The molecule has 1 atom stereocenters. The van der Waals surface area contributed by atoms with Gasteiger partial charge in [0.05, 0.1) is 24.9 Å². The Kier molecular flexibility index (Phi) is 3.95. The highest BCUT2D eigenvalue weighted by atomic mass is 19.1. The molecule has 4 rings (SSSR count). The third-order valence-corrected chi connectivity index (χ3v) is 4.38. The SMILES string of the molecule is COC(=O)C[C@H]1Oc2ccc(C)cc2-n2cc(-c3ccc(F)cc3)nc21. The van der Waals surface area contributed by atoms with Crippen molar-refractivity contribution in [3.8, 4) is 22.7 Å². The second-order valence-corrected chi connectivity index (χ2v) is 6.22. The Morgan fingerprint density at radius 3 is 2.77 bits per heavy atom. The topological polar surface area (TPSA) is 53.4 Å². The predicted octanol–water partition coefficient (Wildman–Crippen LogP) is 3.98. The van der Waals surface area contributed by atoms with Gasteiger partial charge in [0.1, 0.15) is 11.6 Å². The van der Waals surface area contributed by atoms with Gasteiger partial charge in [0, 0.05) is 11.8 Å². The molecule has 0 fully saturated rings. The van der Waals surface area contributed by atoms with Crippen molar-refractivity contribution in [3.05, 3.63) is 65.9 Å². The van der Waals surface area contributed by atoms with Gasteiger partial charge in [0.2, 0.25) is 0 Å². The van der Waals surface area contributed by atoms with Gasteiger partial charge in [0.15, 0.2) is 11.9 Å². The Labute approximate surface area is 150 Å². The summed E-state index contributed by atoms with van der Waals surface area (Å²) in [6.45, 7) is 2.00. The van der Waals surface area contributed by atoms with E-state index >= 15 is 0 Å². The van der Waals surface area contributed by atoms with Gasteiger partial charge in [-0.2, -0.15) is 0 Å². The molecule has 0 bridgehead atoms. The molecule has 5 nitrogen and oxygen atoms in total. The number of esters is 1. The van der Waals surface area contributed by atoms with E-state index in [-0.39, 0.29) is 18.2 Å². The van der Waals surface area contributed by atoms with E-state index in [2.05, 4.69) is 4.98 Å². The molecule has 1 aliphatic rings. The summed E-state index contributed by atoms with van der Waals surface area (Å²) in [6.07, 6.45) is 1.39. The molecule has 0 aliphatic carbocycles. The van der Waals surface area contributed by atoms with Gasteiger partial charge >= 0.3 is 5.97 Å². The van der Waals surface area contributed by atoms with Crippen molar-refractivity contribution in [2.75, 3.05) is 7.11 Å². The number of hydrogen-bond donors (Lipinski definition) is 0. The Bertz CT molecular complexity index is 979. The first kappa shape index (κ1) is 16.3. The van der Waals surface area contributed by atoms with Gasteiger partial charge in [-0.3, -0.25) is 9.36 Å². The van der Waals surface area contributed by atoms with Crippen LogP contribution >= 0.6 is 0 Å². The fourth-order valence-electron chi connectivity index (χ4n) is 3.06. The first-order chi connectivity index (χ1) is 12.5. The van der Waals surface area contributed by atoms with Crippen LogP contribution in [0.15, 0.2) is 48.7 Å². The van der Waals surface area contributed by atoms with Crippen LogP contribution in [0.5, 0.6) is 5.75 Å². The first-order valence-electron chi connectivity index (χ1n) is 8.25. The molecule has 1 aromatic heterocycles. The number of rotatable bonds is 3. The van der Waals surface area contributed by atoms with Gasteiger partial charge in [-0.05, 0) is 48.9 Å². The molecule has 0 N–H and O–H groups in total. The van der Waals surface area contributed by atoms with Crippen molar-refractivity contribution in [1.29, 1.82) is 0 Å². The number of ether oxygens (including phenoxy) is 2. The molecule has 2 heterocycles. The van der Waals surface area contributed by atoms with Crippen LogP contribution in [-0.2, 0) is 9.53 Å². The highest BCUT2D eigenvalue weighted by Crippen LogP contribution is 2.38. The summed E-state index contributed by atoms with van der Waals surface area (Å²) >= 11 is 0. The molecule has 0 saturated carbocycles. The van der Waals surface area contributed by atoms with E-state index in [9.17, 15) is 9.18 Å². The summed E-state index contributed by atoms with van der Waals surface area (Å²) in [6, 6.07) is 12.0. The van der Waals surface area contributed by atoms with Crippen LogP contribution in [0.1, 0.15) is 23.9 Å². The van der Waals surface area contributed by atoms with Crippen LogP contribution in [-0.4, -0.2) is 22.6 Å². The van der Waals surface area contributed by atoms with E-state index in [0.717, 1.165) is 16.8 Å². The number of fused-ring (bicyclic) bond motifs is 3. The number of hydrogen-bond acceptors (Lipinski definition) is 4. The van der Waals surface area contributed by atoms with Gasteiger partial charge in [0.25, 0.3) is 0 Å². The van der Waals surface area contributed by atoms with Crippen LogP contribution in [0.3, 0.4) is 0 Å². The molecular formula is C20H17FN2O3. The molecule has 0 unspecified atom stereocenters. The lowest BCUT2D eigenvalue weighted by molar-refractivity contribution is -0.142. The van der Waals surface area contributed by atoms with Crippen LogP contribution in [0, 0.1) is 12.7 Å². The maximum Gasteiger partial charge on any atom is 0.309 e. The molecule has 0 amide bonds. The molecule has 1 aliphatic heterocycles. The summed E-state index contributed by atoms with van der Waals surface area (Å²) < 4.78 is 25.9. The third kappa shape index (κ3) is 2.83. The van der Waals surface area contributed by atoms with E-state index in [4.69, 9.17) is 9.47 Å². The van der Waals surface area contributed by atoms with Crippen molar-refractivity contribution in [3.63, 3.8) is 0 Å². The summed E-state index contributed by atoms with van der Waals surface area (Å²) in [7, 11) is 1.35. The molecule has 0 radical (unpaired) electrons. The van der Waals surface area contributed by atoms with Crippen LogP contribution in [0.25, 0.3) is 16.9 Å². The number of aromatic nitrogens is 2. The average Bonchev–Trinajstić information content (AvgIpc) is 3.08. The van der Waals surface area contributed by atoms with Gasteiger partial charge in [-0.25, -0.2) is 9.37 Å². The smallest absolute Gasteiger partial charge is 0.309 e. The highest BCUT2D eigenvalue weighted by molar-refractivity contribution is 5.70. The van der Waals surface area contributed by atoms with Gasteiger partial charge < -0.3 is 9.47 Å². The van der Waals surface area contributed by atoms with E-state index < -0.39 is 6.10 Å². The second kappa shape index (κ2) is 6.29. The Balaban J connectivity index is 1.83. The van der Waals surface area contributed by atoms with Crippen LogP contribution < -0.4 is 4.74 Å². The largest absolute Gasteiger partial charge is 0.480 e. The number of halogens is 1. The molecule has 6 heteroatoms. The number of imidazole rings is 1. The lowest BCUT2D eigenvalue weighted by Crippen LogP contribution is -2.22. The normalized spacial score (nSPS) is 15.0. The Hall–Kier alpha value is -3.15. The standard InChI is InChI=1S/C20H17FN2O3/c1-12-3-8-17-16(9-12)23-11-15(13-4-6-14(21)7-5-13)22-20(23)18(26-17)10-19(24)25-2/h3-9,11,18H,10H2,1-2H3/t18-/m1/s1. The van der Waals surface area contributed by atoms with Crippen molar-refractivity contribution in [2.45, 2.75) is 19.4 Å². The molecule has 132 valence electrons. The third-order valence-electron chi connectivity index (χ3n) is 4.38. The van der Waals surface area contributed by atoms with Crippen molar-refractivity contribution < 1.29 is 18.7 Å². The van der Waals surface area contributed by atoms with E-state index in [1.165, 1.54) is 19.2 Å². The highest BCUT2D eigenvalue weighted by Gasteiger charge is 2.31. The van der Waals surface area contributed by atoms with Crippen molar-refractivity contribution in [2.24, 2.45) is 0 Å². The van der Waals surface area contributed by atoms with E-state index in [0.29, 0.717) is 17.3 Å².